The summed E-state index contributed by atoms with van der Waals surface area (Å²) in [5.41, 5.74) is 3.32. The number of hydrogen-bond acceptors (Lipinski definition) is 3. The number of anilines is 2. The van der Waals surface area contributed by atoms with Crippen LogP contribution in [-0.4, -0.2) is 20.6 Å². The quantitative estimate of drug-likeness (QED) is 0.609. The molecule has 0 spiro atoms. The van der Waals surface area contributed by atoms with Crippen molar-refractivity contribution in [3.05, 3.63) is 94.5 Å². The van der Waals surface area contributed by atoms with E-state index in [1.807, 2.05) is 37.3 Å². The number of halogens is 1. The topological polar surface area (TPSA) is 66.5 Å². The predicted octanol–water partition coefficient (Wildman–Crippen LogP) is 4.87. The lowest BCUT2D eigenvalue weighted by Gasteiger charge is -2.22. The molecule has 0 aliphatic carbocycles. The van der Waals surface area contributed by atoms with Gasteiger partial charge in [0, 0.05) is 16.3 Å². The second kappa shape index (κ2) is 8.68. The van der Waals surface area contributed by atoms with Crippen LogP contribution in [0.5, 0.6) is 0 Å². The number of sulfonamides is 1. The monoisotopic (exact) mass is 428 g/mol. The number of carbonyl (C=O) groups excluding carboxylic acids is 1. The van der Waals surface area contributed by atoms with Gasteiger partial charge in [-0.1, -0.05) is 41.9 Å². The molecule has 7 heteroatoms. The number of hydrogen-bond donors (Lipinski definition) is 1. The lowest BCUT2D eigenvalue weighted by Crippen LogP contribution is -2.29. The van der Waals surface area contributed by atoms with Crippen LogP contribution in [0.15, 0.2) is 72.8 Å². The minimum absolute atomic E-state index is 0.217. The van der Waals surface area contributed by atoms with Crippen LogP contribution in [-0.2, 0) is 16.6 Å². The molecule has 3 rings (SSSR count). The molecule has 0 radical (unpaired) electrons. The van der Waals surface area contributed by atoms with Crippen molar-refractivity contribution in [2.24, 2.45) is 0 Å². The molecule has 0 saturated carbocycles. The van der Waals surface area contributed by atoms with Crippen molar-refractivity contribution < 1.29 is 13.2 Å². The van der Waals surface area contributed by atoms with Crippen molar-refractivity contribution in [3.8, 4) is 0 Å². The minimum Gasteiger partial charge on any atom is -0.322 e. The van der Waals surface area contributed by atoms with Crippen LogP contribution in [0.3, 0.4) is 0 Å². The molecule has 1 N–H and O–H groups in total. The highest BCUT2D eigenvalue weighted by Crippen LogP contribution is 2.23. The van der Waals surface area contributed by atoms with Crippen molar-refractivity contribution in [2.75, 3.05) is 15.9 Å². The molecule has 0 saturated heterocycles. The fraction of sp³-hybridized carbons (Fsp3) is 0.136. The molecule has 5 nitrogen and oxygen atoms in total. The Kier molecular flexibility index (Phi) is 6.25. The van der Waals surface area contributed by atoms with E-state index in [1.54, 1.807) is 42.5 Å². The lowest BCUT2D eigenvalue weighted by atomic mass is 10.1. The Morgan fingerprint density at radius 2 is 1.66 bits per heavy atom. The Hall–Kier alpha value is -2.83. The summed E-state index contributed by atoms with van der Waals surface area (Å²) in [6.07, 6.45) is 1.17. The van der Waals surface area contributed by atoms with E-state index >= 15 is 0 Å². The third-order valence-electron chi connectivity index (χ3n) is 4.42. The first-order valence-electron chi connectivity index (χ1n) is 8.93. The Morgan fingerprint density at radius 1 is 1.00 bits per heavy atom. The summed E-state index contributed by atoms with van der Waals surface area (Å²) in [5.74, 6) is -0.282. The zero-order valence-corrected chi connectivity index (χ0v) is 17.7. The fourth-order valence-electron chi connectivity index (χ4n) is 2.89. The van der Waals surface area contributed by atoms with Gasteiger partial charge in [0.25, 0.3) is 5.91 Å². The molecule has 3 aromatic rings. The lowest BCUT2D eigenvalue weighted by molar-refractivity contribution is 0.102. The van der Waals surface area contributed by atoms with Crippen LogP contribution < -0.4 is 9.62 Å². The molecule has 0 fully saturated rings. The van der Waals surface area contributed by atoms with Gasteiger partial charge in [0.15, 0.2) is 0 Å². The molecule has 0 aromatic heterocycles. The molecule has 29 heavy (non-hydrogen) atoms. The average molecular weight is 429 g/mol. The Morgan fingerprint density at radius 3 is 2.24 bits per heavy atom. The van der Waals surface area contributed by atoms with Crippen molar-refractivity contribution in [2.45, 2.75) is 13.5 Å². The van der Waals surface area contributed by atoms with Crippen molar-refractivity contribution in [1.82, 2.24) is 0 Å². The van der Waals surface area contributed by atoms with Gasteiger partial charge in [0.2, 0.25) is 10.0 Å². The van der Waals surface area contributed by atoms with Gasteiger partial charge >= 0.3 is 0 Å². The highest BCUT2D eigenvalue weighted by Gasteiger charge is 2.18. The number of amides is 1. The van der Waals surface area contributed by atoms with Crippen LogP contribution >= 0.6 is 11.6 Å². The summed E-state index contributed by atoms with van der Waals surface area (Å²) in [6.45, 7) is 2.08. The van der Waals surface area contributed by atoms with Gasteiger partial charge in [0.1, 0.15) is 0 Å². The number of nitrogens with one attached hydrogen (secondary N) is 1. The Bertz CT molecular complexity index is 1110. The number of carbonyl (C=O) groups is 1. The summed E-state index contributed by atoms with van der Waals surface area (Å²) < 4.78 is 25.9. The van der Waals surface area contributed by atoms with E-state index in [2.05, 4.69) is 5.32 Å². The first-order chi connectivity index (χ1) is 13.7. The van der Waals surface area contributed by atoms with E-state index < -0.39 is 10.0 Å². The van der Waals surface area contributed by atoms with Gasteiger partial charge in [0.05, 0.1) is 18.5 Å². The van der Waals surface area contributed by atoms with Gasteiger partial charge in [-0.15, -0.1) is 0 Å². The molecule has 0 aliphatic rings. The van der Waals surface area contributed by atoms with E-state index in [0.29, 0.717) is 22.0 Å². The summed E-state index contributed by atoms with van der Waals surface area (Å²) in [4.78, 5) is 12.5. The van der Waals surface area contributed by atoms with Crippen LogP contribution in [0.2, 0.25) is 5.02 Å². The maximum atomic E-state index is 12.5. The minimum atomic E-state index is -3.49. The zero-order valence-electron chi connectivity index (χ0n) is 16.1. The van der Waals surface area contributed by atoms with Gasteiger partial charge in [-0.2, -0.15) is 0 Å². The molecule has 0 unspecified atom stereocenters. The molecule has 0 atom stereocenters. The van der Waals surface area contributed by atoms with Gasteiger partial charge in [-0.3, -0.25) is 9.10 Å². The fourth-order valence-corrected chi connectivity index (χ4v) is 4.01. The van der Waals surface area contributed by atoms with Crippen LogP contribution in [0.25, 0.3) is 0 Å². The summed E-state index contributed by atoms with van der Waals surface area (Å²) in [6, 6.07) is 21.1. The van der Waals surface area contributed by atoms with E-state index in [1.165, 1.54) is 10.6 Å². The third-order valence-corrected chi connectivity index (χ3v) is 5.80. The first kappa shape index (κ1) is 20.9. The normalized spacial score (nSPS) is 11.1. The van der Waals surface area contributed by atoms with Crippen molar-refractivity contribution in [1.29, 1.82) is 0 Å². The van der Waals surface area contributed by atoms with Crippen molar-refractivity contribution in [3.63, 3.8) is 0 Å². The first-order valence-corrected chi connectivity index (χ1v) is 11.2. The second-order valence-electron chi connectivity index (χ2n) is 6.72. The third kappa shape index (κ3) is 5.37. The highest BCUT2D eigenvalue weighted by molar-refractivity contribution is 7.92. The Labute approximate surface area is 176 Å². The summed E-state index contributed by atoms with van der Waals surface area (Å²) in [7, 11) is -3.49. The number of nitrogens with zero attached hydrogens (tertiary/aromatic N) is 1. The second-order valence-corrected chi connectivity index (χ2v) is 9.06. The number of aryl methyl sites for hydroxylation is 1. The van der Waals surface area contributed by atoms with Gasteiger partial charge in [-0.05, 0) is 60.5 Å². The standard InChI is InChI=1S/C22H21ClN2O3S/c1-16-14-19(23)10-13-21(16)24-22(26)18-8-11-20(12-9-18)25(29(2,27)28)15-17-6-4-3-5-7-17/h3-14H,15H2,1-2H3,(H,24,26). The molecule has 3 aromatic carbocycles. The van der Waals surface area contributed by atoms with Crippen LogP contribution in [0.1, 0.15) is 21.5 Å². The van der Waals surface area contributed by atoms with Crippen LogP contribution in [0, 0.1) is 6.92 Å². The molecule has 0 aliphatic heterocycles. The van der Waals surface area contributed by atoms with Crippen molar-refractivity contribution >= 4 is 38.9 Å². The smallest absolute Gasteiger partial charge is 0.255 e. The highest BCUT2D eigenvalue weighted by atomic mass is 35.5. The SMILES string of the molecule is Cc1cc(Cl)ccc1NC(=O)c1ccc(N(Cc2ccccc2)S(C)(=O)=O)cc1. The molecular formula is C22H21ClN2O3S. The zero-order chi connectivity index (χ0) is 21.0. The average Bonchev–Trinajstić information content (AvgIpc) is 2.68. The molecule has 0 bridgehead atoms. The van der Waals surface area contributed by atoms with Gasteiger partial charge < -0.3 is 5.32 Å². The largest absolute Gasteiger partial charge is 0.322 e. The van der Waals surface area contributed by atoms with E-state index in [-0.39, 0.29) is 12.5 Å². The number of benzene rings is 3. The van der Waals surface area contributed by atoms with Crippen LogP contribution in [0.4, 0.5) is 11.4 Å². The maximum absolute atomic E-state index is 12.5. The van der Waals surface area contributed by atoms with E-state index in [9.17, 15) is 13.2 Å². The predicted molar refractivity (Wildman–Crippen MR) is 118 cm³/mol. The number of rotatable bonds is 6. The van der Waals surface area contributed by atoms with Gasteiger partial charge in [-0.25, -0.2) is 8.42 Å². The van der Waals surface area contributed by atoms with E-state index in [0.717, 1.165) is 11.1 Å². The molecule has 1 amide bonds. The maximum Gasteiger partial charge on any atom is 0.255 e. The molecule has 150 valence electrons. The Balaban J connectivity index is 1.80. The van der Waals surface area contributed by atoms with E-state index in [4.69, 9.17) is 11.6 Å². The molecular weight excluding hydrogens is 408 g/mol. The summed E-state index contributed by atoms with van der Waals surface area (Å²) >= 11 is 5.95. The molecule has 0 heterocycles. The summed E-state index contributed by atoms with van der Waals surface area (Å²) in [5, 5.41) is 3.44.